The Morgan fingerprint density at radius 1 is 1.00 bits per heavy atom. The average molecular weight is 649 g/mol. The van der Waals surface area contributed by atoms with Gasteiger partial charge in [-0.1, -0.05) is 63.4 Å². The highest BCUT2D eigenvalue weighted by Gasteiger charge is 2.18. The number of furan rings is 1. The molecule has 0 saturated carbocycles. The van der Waals surface area contributed by atoms with Crippen molar-refractivity contribution in [3.05, 3.63) is 121 Å². The van der Waals surface area contributed by atoms with Crippen LogP contribution >= 0.6 is 39.1 Å². The van der Waals surface area contributed by atoms with Crippen molar-refractivity contribution < 1.29 is 13.9 Å². The predicted molar refractivity (Wildman–Crippen MR) is 166 cm³/mol. The van der Waals surface area contributed by atoms with Gasteiger partial charge in [0.1, 0.15) is 12.2 Å². The van der Waals surface area contributed by atoms with Crippen LogP contribution in [0.25, 0.3) is 33.5 Å². The number of nitrogens with zero attached hydrogens (tertiary/aromatic N) is 3. The number of halogens is 3. The lowest BCUT2D eigenvalue weighted by atomic mass is 10.2. The van der Waals surface area contributed by atoms with E-state index in [1.165, 1.54) is 18.0 Å². The minimum absolute atomic E-state index is 0.243. The molecule has 0 atom stereocenters. The maximum atomic E-state index is 13.7. The molecule has 0 spiro atoms. The summed E-state index contributed by atoms with van der Waals surface area (Å²) >= 11 is 15.9. The number of ether oxygens (including phenoxy) is 2. The summed E-state index contributed by atoms with van der Waals surface area (Å²) in [5.41, 5.74) is 2.22. The Morgan fingerprint density at radius 3 is 2.61 bits per heavy atom. The Hall–Kier alpha value is -4.11. The van der Waals surface area contributed by atoms with E-state index in [0.717, 1.165) is 15.4 Å². The molecule has 0 aliphatic carbocycles. The molecule has 2 aromatic heterocycles. The summed E-state index contributed by atoms with van der Waals surface area (Å²) in [6.07, 6.45) is 1.49. The number of fused-ring (bicyclic) bond motifs is 2. The molecule has 4 aromatic carbocycles. The molecular weight excluding hydrogens is 629 g/mol. The smallest absolute Gasteiger partial charge is 0.282 e. The molecule has 0 bridgehead atoms. The van der Waals surface area contributed by atoms with Crippen molar-refractivity contribution in [3.63, 3.8) is 0 Å². The monoisotopic (exact) mass is 647 g/mol. The molecule has 2 heterocycles. The van der Waals surface area contributed by atoms with Gasteiger partial charge < -0.3 is 13.9 Å². The van der Waals surface area contributed by atoms with Crippen LogP contribution in [0.4, 0.5) is 0 Å². The third kappa shape index (κ3) is 5.59. The van der Waals surface area contributed by atoms with Gasteiger partial charge in [-0.3, -0.25) is 4.79 Å². The third-order valence-corrected chi connectivity index (χ3v) is 7.29. The lowest BCUT2D eigenvalue weighted by Crippen LogP contribution is -2.20. The zero-order valence-corrected chi connectivity index (χ0v) is 24.6. The van der Waals surface area contributed by atoms with Gasteiger partial charge in [0.25, 0.3) is 5.56 Å². The lowest BCUT2D eigenvalue weighted by molar-refractivity contribution is 0.284. The van der Waals surface area contributed by atoms with Gasteiger partial charge in [0.2, 0.25) is 5.82 Å². The van der Waals surface area contributed by atoms with Gasteiger partial charge in [-0.05, 0) is 60.2 Å². The van der Waals surface area contributed by atoms with E-state index in [0.29, 0.717) is 49.4 Å². The molecule has 0 amide bonds. The Balaban J connectivity index is 1.47. The molecule has 6 aromatic rings. The number of rotatable bonds is 7. The highest BCUT2D eigenvalue weighted by Crippen LogP contribution is 2.35. The molecule has 0 aliphatic heterocycles. The van der Waals surface area contributed by atoms with E-state index in [2.05, 4.69) is 21.0 Å². The second-order valence-corrected chi connectivity index (χ2v) is 10.8. The molecule has 0 saturated heterocycles. The fourth-order valence-electron chi connectivity index (χ4n) is 4.36. The first-order valence-corrected chi connectivity index (χ1v) is 13.9. The van der Waals surface area contributed by atoms with E-state index < -0.39 is 0 Å². The Morgan fingerprint density at radius 2 is 1.80 bits per heavy atom. The van der Waals surface area contributed by atoms with Crippen LogP contribution in [-0.4, -0.2) is 23.0 Å². The third-order valence-electron chi connectivity index (χ3n) is 6.33. The number of benzene rings is 4. The van der Waals surface area contributed by atoms with Gasteiger partial charge in [-0.25, -0.2) is 4.98 Å². The van der Waals surface area contributed by atoms with E-state index >= 15 is 0 Å². The topological polar surface area (TPSA) is 78.9 Å². The van der Waals surface area contributed by atoms with E-state index in [1.807, 2.05) is 42.5 Å². The summed E-state index contributed by atoms with van der Waals surface area (Å²) in [4.78, 5) is 18.4. The van der Waals surface area contributed by atoms with Crippen molar-refractivity contribution in [2.24, 2.45) is 5.10 Å². The van der Waals surface area contributed by atoms with Crippen LogP contribution in [0.3, 0.4) is 0 Å². The van der Waals surface area contributed by atoms with Crippen LogP contribution in [0.15, 0.2) is 104 Å². The fourth-order valence-corrected chi connectivity index (χ4v) is 5.08. The summed E-state index contributed by atoms with van der Waals surface area (Å²) in [7, 11) is 1.53. The SMILES string of the molecule is COc1cc(Cl)cc(C=Nn2c(-c3cc4cc(Br)ccc4o3)nc3ccccc3c2=O)c1OCc1ccc(Cl)cc1. The number of hydrogen-bond acceptors (Lipinski definition) is 6. The number of aromatic nitrogens is 2. The van der Waals surface area contributed by atoms with E-state index in [4.69, 9.17) is 42.1 Å². The van der Waals surface area contributed by atoms with Crippen LogP contribution in [0.1, 0.15) is 11.1 Å². The van der Waals surface area contributed by atoms with Crippen LogP contribution in [-0.2, 0) is 6.61 Å². The quantitative estimate of drug-likeness (QED) is 0.163. The van der Waals surface area contributed by atoms with Crippen LogP contribution in [0.2, 0.25) is 10.0 Å². The molecule has 0 radical (unpaired) electrons. The fraction of sp³-hybridized carbons (Fsp3) is 0.0645. The number of methoxy groups -OCH3 is 1. The van der Waals surface area contributed by atoms with Gasteiger partial charge in [-0.2, -0.15) is 9.78 Å². The zero-order chi connectivity index (χ0) is 28.5. The van der Waals surface area contributed by atoms with Gasteiger partial charge in [0, 0.05) is 31.5 Å². The second-order valence-electron chi connectivity index (χ2n) is 9.05. The summed E-state index contributed by atoms with van der Waals surface area (Å²) < 4.78 is 19.9. The molecule has 10 heteroatoms. The average Bonchev–Trinajstić information content (AvgIpc) is 3.39. The molecule has 41 heavy (non-hydrogen) atoms. The molecule has 7 nitrogen and oxygen atoms in total. The summed E-state index contributed by atoms with van der Waals surface area (Å²) in [6, 6.07) is 25.2. The van der Waals surface area contributed by atoms with E-state index in [9.17, 15) is 4.79 Å². The first kappa shape index (κ1) is 27.1. The maximum Gasteiger partial charge on any atom is 0.282 e. The first-order valence-electron chi connectivity index (χ1n) is 12.4. The van der Waals surface area contributed by atoms with Crippen LogP contribution in [0.5, 0.6) is 11.5 Å². The zero-order valence-electron chi connectivity index (χ0n) is 21.5. The Bertz CT molecular complexity index is 2000. The largest absolute Gasteiger partial charge is 0.493 e. The number of para-hydroxylation sites is 1. The second kappa shape index (κ2) is 11.4. The normalized spacial score (nSPS) is 11.5. The maximum absolute atomic E-state index is 13.7. The molecule has 6 rings (SSSR count). The lowest BCUT2D eigenvalue weighted by Gasteiger charge is -2.14. The molecule has 0 N–H and O–H groups in total. The van der Waals surface area contributed by atoms with Crippen molar-refractivity contribution in [1.82, 2.24) is 9.66 Å². The number of hydrogen-bond donors (Lipinski definition) is 0. The minimum Gasteiger partial charge on any atom is -0.493 e. The van der Waals surface area contributed by atoms with Crippen LogP contribution in [0, 0.1) is 0 Å². The summed E-state index contributed by atoms with van der Waals surface area (Å²) in [5, 5.41) is 6.88. The predicted octanol–water partition coefficient (Wildman–Crippen LogP) is 8.35. The summed E-state index contributed by atoms with van der Waals surface area (Å²) in [5.74, 6) is 1.46. The highest BCUT2D eigenvalue weighted by molar-refractivity contribution is 9.10. The van der Waals surface area contributed by atoms with Crippen molar-refractivity contribution >= 4 is 67.2 Å². The Kier molecular flexibility index (Phi) is 7.53. The van der Waals surface area contributed by atoms with Gasteiger partial charge in [0.05, 0.1) is 24.2 Å². The standard InChI is InChI=1S/C31H20BrCl2N3O4/c1-39-27-15-23(34)13-20(29(27)40-17-18-6-9-22(33)10-7-18)16-35-37-30(36-25-5-3-2-4-24(25)31(37)38)28-14-19-12-21(32)8-11-26(19)41-28/h2-16H,17H2,1H3. The van der Waals surface area contributed by atoms with Gasteiger partial charge in [-0.15, -0.1) is 0 Å². The van der Waals surface area contributed by atoms with Crippen molar-refractivity contribution in [3.8, 4) is 23.1 Å². The molecule has 204 valence electrons. The first-order chi connectivity index (χ1) is 19.9. The van der Waals surface area contributed by atoms with Crippen LogP contribution < -0.4 is 15.0 Å². The minimum atomic E-state index is -0.360. The molecule has 0 fully saturated rings. The molecule has 0 unspecified atom stereocenters. The van der Waals surface area contributed by atoms with E-state index in [1.54, 1.807) is 42.5 Å². The molecule has 0 aliphatic rings. The van der Waals surface area contributed by atoms with Crippen molar-refractivity contribution in [1.29, 1.82) is 0 Å². The molecular formula is C31H20BrCl2N3O4. The Labute approximate surface area is 252 Å². The highest BCUT2D eigenvalue weighted by atomic mass is 79.9. The van der Waals surface area contributed by atoms with Crippen molar-refractivity contribution in [2.45, 2.75) is 6.61 Å². The summed E-state index contributed by atoms with van der Waals surface area (Å²) in [6.45, 7) is 0.243. The van der Waals surface area contributed by atoms with Gasteiger partial charge >= 0.3 is 0 Å². The van der Waals surface area contributed by atoms with Gasteiger partial charge in [0.15, 0.2) is 17.3 Å². The van der Waals surface area contributed by atoms with Crippen molar-refractivity contribution in [2.75, 3.05) is 7.11 Å². The van der Waals surface area contributed by atoms with E-state index in [-0.39, 0.29) is 18.0 Å².